The third-order valence-electron chi connectivity index (χ3n) is 3.74. The summed E-state index contributed by atoms with van der Waals surface area (Å²) in [6.07, 6.45) is 0. The van der Waals surface area contributed by atoms with Crippen LogP contribution in [0.1, 0.15) is 16.7 Å². The minimum atomic E-state index is -0.675. The Morgan fingerprint density at radius 2 is 1.78 bits per heavy atom. The monoisotopic (exact) mass is 372 g/mol. The molecule has 0 saturated heterocycles. The lowest BCUT2D eigenvalue weighted by Gasteiger charge is -2.10. The first-order valence-corrected chi connectivity index (χ1v) is 8.17. The molecule has 1 amide bonds. The number of nitrogens with zero attached hydrogens (tertiary/aromatic N) is 1. The normalized spacial score (nSPS) is 10.2. The summed E-state index contributed by atoms with van der Waals surface area (Å²) in [5.41, 5.74) is 2.85. The van der Waals surface area contributed by atoms with E-state index in [1.54, 1.807) is 13.0 Å². The van der Waals surface area contributed by atoms with Crippen molar-refractivity contribution in [3.63, 3.8) is 0 Å². The van der Waals surface area contributed by atoms with Gasteiger partial charge in [-0.3, -0.25) is 14.9 Å². The van der Waals surface area contributed by atoms with Gasteiger partial charge >= 0.3 is 5.97 Å². The number of aryl methyl sites for hydroxylation is 3. The number of carbonyl (C=O) groups is 2. The highest BCUT2D eigenvalue weighted by atomic mass is 16.6. The number of carbonyl (C=O) groups excluding carboxylic acids is 2. The van der Waals surface area contributed by atoms with E-state index < -0.39 is 23.4 Å². The van der Waals surface area contributed by atoms with Gasteiger partial charge in [0.15, 0.2) is 13.2 Å². The van der Waals surface area contributed by atoms with Crippen molar-refractivity contribution in [2.75, 3.05) is 18.5 Å². The van der Waals surface area contributed by atoms with Crippen molar-refractivity contribution in [3.8, 4) is 5.75 Å². The Labute approximate surface area is 156 Å². The van der Waals surface area contributed by atoms with Crippen LogP contribution >= 0.6 is 0 Å². The number of ether oxygens (including phenoxy) is 2. The fourth-order valence-corrected chi connectivity index (χ4v) is 2.37. The van der Waals surface area contributed by atoms with Crippen LogP contribution in [-0.4, -0.2) is 30.0 Å². The lowest BCUT2D eigenvalue weighted by atomic mass is 10.1. The Morgan fingerprint density at radius 3 is 2.41 bits per heavy atom. The van der Waals surface area contributed by atoms with Gasteiger partial charge < -0.3 is 14.8 Å². The predicted molar refractivity (Wildman–Crippen MR) is 98.8 cm³/mol. The molecule has 8 nitrogen and oxygen atoms in total. The molecule has 0 fully saturated rings. The van der Waals surface area contributed by atoms with E-state index in [0.29, 0.717) is 17.0 Å². The number of nitrogens with one attached hydrogen (secondary N) is 1. The van der Waals surface area contributed by atoms with Crippen LogP contribution in [0.4, 0.5) is 11.4 Å². The van der Waals surface area contributed by atoms with E-state index in [4.69, 9.17) is 9.47 Å². The molecule has 0 aromatic heterocycles. The number of anilines is 1. The van der Waals surface area contributed by atoms with Crippen LogP contribution in [0.15, 0.2) is 36.4 Å². The van der Waals surface area contributed by atoms with Gasteiger partial charge in [-0.2, -0.15) is 0 Å². The maximum Gasteiger partial charge on any atom is 0.344 e. The topological polar surface area (TPSA) is 108 Å². The molecule has 0 bridgehead atoms. The molecule has 0 atom stereocenters. The number of hydrogen-bond donors (Lipinski definition) is 1. The molecule has 142 valence electrons. The molecule has 0 unspecified atom stereocenters. The van der Waals surface area contributed by atoms with Crippen molar-refractivity contribution in [2.24, 2.45) is 0 Å². The molecule has 0 aliphatic heterocycles. The van der Waals surface area contributed by atoms with Gasteiger partial charge in [-0.1, -0.05) is 17.7 Å². The molecule has 0 radical (unpaired) electrons. The molecule has 0 heterocycles. The standard InChI is InChI=1S/C19H20N2O6/c1-12-4-7-17(14(3)8-12)26-11-19(23)27-10-18(22)20-16-6-5-15(21(24)25)9-13(16)2/h4-9H,10-11H2,1-3H3,(H,20,22). The van der Waals surface area contributed by atoms with Gasteiger partial charge in [0.25, 0.3) is 11.6 Å². The molecular weight excluding hydrogens is 352 g/mol. The number of rotatable bonds is 7. The third-order valence-corrected chi connectivity index (χ3v) is 3.74. The van der Waals surface area contributed by atoms with Crippen LogP contribution in [0.2, 0.25) is 0 Å². The van der Waals surface area contributed by atoms with Crippen molar-refractivity contribution >= 4 is 23.3 Å². The molecule has 0 aliphatic carbocycles. The highest BCUT2D eigenvalue weighted by Gasteiger charge is 2.12. The first kappa shape index (κ1) is 19.9. The van der Waals surface area contributed by atoms with Crippen LogP contribution in [0.3, 0.4) is 0 Å². The Hall–Kier alpha value is -3.42. The fourth-order valence-electron chi connectivity index (χ4n) is 2.37. The molecular formula is C19H20N2O6. The number of nitro groups is 1. The van der Waals surface area contributed by atoms with Crippen LogP contribution in [0.5, 0.6) is 5.75 Å². The number of non-ortho nitro benzene ring substituents is 1. The average Bonchev–Trinajstić information content (AvgIpc) is 2.60. The smallest absolute Gasteiger partial charge is 0.344 e. The Balaban J connectivity index is 1.81. The van der Waals surface area contributed by atoms with E-state index in [0.717, 1.165) is 11.1 Å². The van der Waals surface area contributed by atoms with E-state index in [1.165, 1.54) is 18.2 Å². The second-order valence-corrected chi connectivity index (χ2v) is 6.02. The Morgan fingerprint density at radius 1 is 1.04 bits per heavy atom. The van der Waals surface area contributed by atoms with Crippen molar-refractivity contribution in [1.29, 1.82) is 0 Å². The summed E-state index contributed by atoms with van der Waals surface area (Å²) < 4.78 is 10.3. The van der Waals surface area contributed by atoms with Crippen LogP contribution in [0, 0.1) is 30.9 Å². The van der Waals surface area contributed by atoms with E-state index in [9.17, 15) is 19.7 Å². The number of amides is 1. The highest BCUT2D eigenvalue weighted by molar-refractivity contribution is 5.93. The molecule has 27 heavy (non-hydrogen) atoms. The van der Waals surface area contributed by atoms with Gasteiger partial charge in [-0.15, -0.1) is 0 Å². The zero-order chi connectivity index (χ0) is 20.0. The van der Waals surface area contributed by atoms with E-state index in [-0.39, 0.29) is 12.3 Å². The van der Waals surface area contributed by atoms with E-state index >= 15 is 0 Å². The highest BCUT2D eigenvalue weighted by Crippen LogP contribution is 2.21. The van der Waals surface area contributed by atoms with Crippen molar-refractivity contribution in [3.05, 3.63) is 63.2 Å². The summed E-state index contributed by atoms with van der Waals surface area (Å²) >= 11 is 0. The molecule has 0 aliphatic rings. The zero-order valence-corrected chi connectivity index (χ0v) is 15.3. The molecule has 0 spiro atoms. The lowest BCUT2D eigenvalue weighted by Crippen LogP contribution is -2.24. The largest absolute Gasteiger partial charge is 0.482 e. The van der Waals surface area contributed by atoms with Crippen molar-refractivity contribution in [2.45, 2.75) is 20.8 Å². The molecule has 1 N–H and O–H groups in total. The Bertz CT molecular complexity index is 878. The maximum atomic E-state index is 11.9. The maximum absolute atomic E-state index is 11.9. The van der Waals surface area contributed by atoms with Crippen LogP contribution < -0.4 is 10.1 Å². The minimum absolute atomic E-state index is 0.0690. The van der Waals surface area contributed by atoms with Crippen LogP contribution in [-0.2, 0) is 14.3 Å². The van der Waals surface area contributed by atoms with Gasteiger partial charge in [0, 0.05) is 17.8 Å². The fraction of sp³-hybridized carbons (Fsp3) is 0.263. The predicted octanol–water partition coefficient (Wildman–Crippen LogP) is 3.08. The average molecular weight is 372 g/mol. The van der Waals surface area contributed by atoms with Gasteiger partial charge in [-0.05, 0) is 44.0 Å². The number of hydrogen-bond acceptors (Lipinski definition) is 6. The number of esters is 1. The zero-order valence-electron chi connectivity index (χ0n) is 15.3. The minimum Gasteiger partial charge on any atom is -0.482 e. The Kier molecular flexibility index (Phi) is 6.48. The summed E-state index contributed by atoms with van der Waals surface area (Å²) in [4.78, 5) is 33.8. The second kappa shape index (κ2) is 8.79. The van der Waals surface area contributed by atoms with Crippen molar-refractivity contribution < 1.29 is 24.0 Å². The molecule has 2 aromatic carbocycles. The van der Waals surface area contributed by atoms with Crippen LogP contribution in [0.25, 0.3) is 0 Å². The van der Waals surface area contributed by atoms with Crippen molar-refractivity contribution in [1.82, 2.24) is 0 Å². The molecule has 2 rings (SSSR count). The second-order valence-electron chi connectivity index (χ2n) is 6.02. The van der Waals surface area contributed by atoms with E-state index in [2.05, 4.69) is 5.32 Å². The number of nitro benzene ring substituents is 1. The quantitative estimate of drug-likeness (QED) is 0.455. The number of benzene rings is 2. The third kappa shape index (κ3) is 5.81. The SMILES string of the molecule is Cc1ccc(OCC(=O)OCC(=O)Nc2ccc([N+](=O)[O-])cc2C)c(C)c1. The summed E-state index contributed by atoms with van der Waals surface area (Å²) in [6, 6.07) is 9.62. The summed E-state index contributed by atoms with van der Waals surface area (Å²) in [5, 5.41) is 13.3. The van der Waals surface area contributed by atoms with Gasteiger partial charge in [0.1, 0.15) is 5.75 Å². The van der Waals surface area contributed by atoms with Gasteiger partial charge in [0.05, 0.1) is 4.92 Å². The first-order valence-electron chi connectivity index (χ1n) is 8.17. The summed E-state index contributed by atoms with van der Waals surface area (Å²) in [5.74, 6) is -0.652. The first-order chi connectivity index (χ1) is 12.8. The molecule has 8 heteroatoms. The summed E-state index contributed by atoms with van der Waals surface area (Å²) in [7, 11) is 0. The molecule has 2 aromatic rings. The lowest BCUT2D eigenvalue weighted by molar-refractivity contribution is -0.384. The van der Waals surface area contributed by atoms with Gasteiger partial charge in [0.2, 0.25) is 0 Å². The van der Waals surface area contributed by atoms with E-state index in [1.807, 2.05) is 26.0 Å². The van der Waals surface area contributed by atoms with Gasteiger partial charge in [-0.25, -0.2) is 4.79 Å². The summed E-state index contributed by atoms with van der Waals surface area (Å²) in [6.45, 7) is 4.66. The molecule has 0 saturated carbocycles.